The van der Waals surface area contributed by atoms with Crippen molar-refractivity contribution in [2.45, 2.75) is 13.8 Å². The number of anilines is 1. The minimum absolute atomic E-state index is 0.0900. The number of carbonyl (C=O) groups excluding carboxylic acids is 1. The molecule has 5 nitrogen and oxygen atoms in total. The van der Waals surface area contributed by atoms with Gasteiger partial charge in [0.1, 0.15) is 0 Å². The van der Waals surface area contributed by atoms with Crippen molar-refractivity contribution in [1.82, 2.24) is 4.57 Å². The van der Waals surface area contributed by atoms with Crippen molar-refractivity contribution in [2.24, 2.45) is 12.0 Å². The molecule has 0 radical (unpaired) electrons. The van der Waals surface area contributed by atoms with Crippen LogP contribution in [0.15, 0.2) is 29.3 Å². The van der Waals surface area contributed by atoms with Gasteiger partial charge in [-0.2, -0.15) is 0 Å². The summed E-state index contributed by atoms with van der Waals surface area (Å²) in [7, 11) is 1.94. The van der Waals surface area contributed by atoms with Crippen molar-refractivity contribution in [1.29, 1.82) is 0 Å². The van der Waals surface area contributed by atoms with E-state index in [0.29, 0.717) is 0 Å². The fourth-order valence-electron chi connectivity index (χ4n) is 2.62. The molecule has 1 aliphatic heterocycles. The molecule has 3 rings (SSSR count). The molecule has 1 aromatic carbocycles. The summed E-state index contributed by atoms with van der Waals surface area (Å²) in [6.45, 7) is 6.97. The van der Waals surface area contributed by atoms with Gasteiger partial charge in [0.25, 0.3) is 0 Å². The summed E-state index contributed by atoms with van der Waals surface area (Å²) in [6.07, 6.45) is 0. The van der Waals surface area contributed by atoms with Crippen LogP contribution in [-0.4, -0.2) is 36.7 Å². The zero-order valence-electron chi connectivity index (χ0n) is 13.7. The van der Waals surface area contributed by atoms with Gasteiger partial charge in [0.2, 0.25) is 0 Å². The smallest absolute Gasteiger partial charge is 0.190 e. The maximum atomic E-state index is 11.6. The summed E-state index contributed by atoms with van der Waals surface area (Å²) < 4.78 is 7.35. The molecule has 122 valence electrons. The average molecular weight is 331 g/mol. The van der Waals surface area contributed by atoms with Gasteiger partial charge >= 0.3 is 0 Å². The number of aromatic nitrogens is 1. The minimum atomic E-state index is 0.0900. The lowest BCUT2D eigenvalue weighted by Gasteiger charge is -2.28. The normalized spacial score (nSPS) is 16.0. The molecule has 2 aromatic rings. The van der Waals surface area contributed by atoms with E-state index in [9.17, 15) is 4.79 Å². The number of ether oxygens (including phenoxy) is 1. The fourth-order valence-corrected chi connectivity index (χ4v) is 3.66. The van der Waals surface area contributed by atoms with Gasteiger partial charge in [0.05, 0.1) is 23.8 Å². The van der Waals surface area contributed by atoms with Crippen molar-refractivity contribution >= 4 is 28.5 Å². The fraction of sp³-hybridized carbons (Fsp3) is 0.412. The van der Waals surface area contributed by atoms with Gasteiger partial charge in [-0.15, -0.1) is 0 Å². The van der Waals surface area contributed by atoms with E-state index in [1.54, 1.807) is 6.92 Å². The Kier molecular flexibility index (Phi) is 4.63. The highest BCUT2D eigenvalue weighted by molar-refractivity contribution is 7.11. The quantitative estimate of drug-likeness (QED) is 0.813. The molecule has 0 N–H and O–H groups in total. The average Bonchev–Trinajstić information content (AvgIpc) is 2.85. The van der Waals surface area contributed by atoms with Gasteiger partial charge in [-0.3, -0.25) is 4.79 Å². The monoisotopic (exact) mass is 331 g/mol. The summed E-state index contributed by atoms with van der Waals surface area (Å²) in [6, 6.07) is 8.23. The van der Waals surface area contributed by atoms with Crippen molar-refractivity contribution in [3.8, 4) is 0 Å². The Morgan fingerprint density at radius 1 is 1.22 bits per heavy atom. The molecule has 1 aromatic heterocycles. The van der Waals surface area contributed by atoms with Crippen LogP contribution in [0.25, 0.3) is 0 Å². The van der Waals surface area contributed by atoms with Gasteiger partial charge in [-0.25, -0.2) is 4.99 Å². The lowest BCUT2D eigenvalue weighted by molar-refractivity contribution is 0.102. The predicted octanol–water partition coefficient (Wildman–Crippen LogP) is 2.67. The molecule has 0 unspecified atom stereocenters. The Hall–Kier alpha value is -1.92. The standard InChI is InChI=1S/C17H21N3O2S/c1-12-16(13(2)21)23-17(19(12)3)18-14-4-6-15(7-5-14)20-8-10-22-11-9-20/h4-7H,8-11H2,1-3H3/b18-17-. The molecule has 0 bridgehead atoms. The molecule has 0 amide bonds. The van der Waals surface area contributed by atoms with Gasteiger partial charge in [-0.05, 0) is 31.2 Å². The van der Waals surface area contributed by atoms with Gasteiger partial charge < -0.3 is 14.2 Å². The molecule has 23 heavy (non-hydrogen) atoms. The van der Waals surface area contributed by atoms with E-state index in [2.05, 4.69) is 22.0 Å². The second kappa shape index (κ2) is 6.68. The lowest BCUT2D eigenvalue weighted by atomic mass is 10.2. The first-order valence-electron chi connectivity index (χ1n) is 7.71. The third-order valence-corrected chi connectivity index (χ3v) is 5.42. The van der Waals surface area contributed by atoms with Crippen LogP contribution in [0.1, 0.15) is 22.3 Å². The van der Waals surface area contributed by atoms with Crippen molar-refractivity contribution in [3.63, 3.8) is 0 Å². The first kappa shape index (κ1) is 16.0. The maximum Gasteiger partial charge on any atom is 0.190 e. The summed E-state index contributed by atoms with van der Waals surface area (Å²) in [5, 5.41) is 0. The van der Waals surface area contributed by atoms with Crippen LogP contribution in [-0.2, 0) is 11.8 Å². The first-order chi connectivity index (χ1) is 11.1. The Balaban J connectivity index is 1.88. The molecule has 0 spiro atoms. The third kappa shape index (κ3) is 3.38. The molecule has 2 heterocycles. The molecule has 1 saturated heterocycles. The van der Waals surface area contributed by atoms with E-state index in [4.69, 9.17) is 4.74 Å². The van der Waals surface area contributed by atoms with Crippen LogP contribution in [0, 0.1) is 6.92 Å². The molecule has 0 aliphatic carbocycles. The molecule has 1 fully saturated rings. The maximum absolute atomic E-state index is 11.6. The van der Waals surface area contributed by atoms with Crippen LogP contribution >= 0.6 is 11.3 Å². The summed E-state index contributed by atoms with van der Waals surface area (Å²) in [5.41, 5.74) is 3.06. The summed E-state index contributed by atoms with van der Waals surface area (Å²) in [5.74, 6) is 0.0900. The number of ketones is 1. The SMILES string of the molecule is CC(=O)c1s/c(=N\c2ccc(N3CCOCC3)cc2)n(C)c1C. The Bertz CT molecular complexity index is 768. The van der Waals surface area contributed by atoms with Gasteiger partial charge in [0, 0.05) is 38.4 Å². The van der Waals surface area contributed by atoms with Crippen LogP contribution in [0.5, 0.6) is 0 Å². The number of thiazole rings is 1. The van der Waals surface area contributed by atoms with E-state index in [0.717, 1.165) is 47.4 Å². The minimum Gasteiger partial charge on any atom is -0.378 e. The molecular formula is C17H21N3O2S. The number of carbonyl (C=O) groups is 1. The third-order valence-electron chi connectivity index (χ3n) is 4.08. The largest absolute Gasteiger partial charge is 0.378 e. The van der Waals surface area contributed by atoms with E-state index in [1.165, 1.54) is 17.0 Å². The van der Waals surface area contributed by atoms with Gasteiger partial charge in [0.15, 0.2) is 10.6 Å². The van der Waals surface area contributed by atoms with Crippen LogP contribution < -0.4 is 9.70 Å². The second-order valence-electron chi connectivity index (χ2n) is 5.64. The predicted molar refractivity (Wildman–Crippen MR) is 92.7 cm³/mol. The molecule has 1 aliphatic rings. The highest BCUT2D eigenvalue weighted by Crippen LogP contribution is 2.21. The molecular weight excluding hydrogens is 310 g/mol. The highest BCUT2D eigenvalue weighted by atomic mass is 32.1. The van der Waals surface area contributed by atoms with E-state index in [-0.39, 0.29) is 5.78 Å². The Morgan fingerprint density at radius 2 is 1.87 bits per heavy atom. The zero-order chi connectivity index (χ0) is 16.4. The molecule has 0 saturated carbocycles. The van der Waals surface area contributed by atoms with Crippen molar-refractivity contribution in [3.05, 3.63) is 39.6 Å². The van der Waals surface area contributed by atoms with Crippen molar-refractivity contribution in [2.75, 3.05) is 31.2 Å². The zero-order valence-corrected chi connectivity index (χ0v) is 14.5. The van der Waals surface area contributed by atoms with Gasteiger partial charge in [-0.1, -0.05) is 11.3 Å². The number of nitrogens with zero attached hydrogens (tertiary/aromatic N) is 3. The summed E-state index contributed by atoms with van der Waals surface area (Å²) in [4.78, 5) is 20.3. The number of morpholine rings is 1. The molecule has 6 heteroatoms. The number of hydrogen-bond acceptors (Lipinski definition) is 5. The number of benzene rings is 1. The first-order valence-corrected chi connectivity index (χ1v) is 8.53. The second-order valence-corrected chi connectivity index (χ2v) is 6.62. The molecule has 0 atom stereocenters. The topological polar surface area (TPSA) is 46.8 Å². The number of rotatable bonds is 3. The van der Waals surface area contributed by atoms with E-state index < -0.39 is 0 Å². The lowest BCUT2D eigenvalue weighted by Crippen LogP contribution is -2.36. The van der Waals surface area contributed by atoms with E-state index in [1.807, 2.05) is 30.7 Å². The summed E-state index contributed by atoms with van der Waals surface area (Å²) >= 11 is 1.44. The van der Waals surface area contributed by atoms with Crippen molar-refractivity contribution < 1.29 is 9.53 Å². The highest BCUT2D eigenvalue weighted by Gasteiger charge is 2.12. The van der Waals surface area contributed by atoms with Crippen LogP contribution in [0.3, 0.4) is 0 Å². The number of Topliss-reactive ketones (excluding diaryl/α,β-unsaturated/α-hetero) is 1. The van der Waals surface area contributed by atoms with E-state index >= 15 is 0 Å². The van der Waals surface area contributed by atoms with Crippen LogP contribution in [0.2, 0.25) is 0 Å². The van der Waals surface area contributed by atoms with Crippen LogP contribution in [0.4, 0.5) is 11.4 Å². The Morgan fingerprint density at radius 3 is 2.43 bits per heavy atom. The number of hydrogen-bond donors (Lipinski definition) is 0. The Labute approximate surface area is 139 Å².